The van der Waals surface area contributed by atoms with Gasteiger partial charge in [0.1, 0.15) is 11.3 Å². The number of fused-ring (bicyclic) bond motifs is 1. The minimum Gasteiger partial charge on any atom is -0.497 e. The highest BCUT2D eigenvalue weighted by Gasteiger charge is 2.18. The van der Waals surface area contributed by atoms with E-state index in [4.69, 9.17) is 9.15 Å². The van der Waals surface area contributed by atoms with Crippen molar-refractivity contribution in [1.82, 2.24) is 15.1 Å². The molecule has 27 heavy (non-hydrogen) atoms. The van der Waals surface area contributed by atoms with Crippen molar-refractivity contribution in [2.24, 2.45) is 0 Å². The van der Waals surface area contributed by atoms with E-state index >= 15 is 0 Å². The number of carbonyl (C=O) groups is 1. The zero-order valence-electron chi connectivity index (χ0n) is 15.1. The van der Waals surface area contributed by atoms with E-state index in [0.29, 0.717) is 17.9 Å². The van der Waals surface area contributed by atoms with Gasteiger partial charge in [0.25, 0.3) is 5.91 Å². The van der Waals surface area contributed by atoms with Gasteiger partial charge in [0, 0.05) is 29.3 Å². The zero-order valence-corrected chi connectivity index (χ0v) is 15.1. The van der Waals surface area contributed by atoms with Crippen molar-refractivity contribution in [3.05, 3.63) is 77.8 Å². The van der Waals surface area contributed by atoms with E-state index in [-0.39, 0.29) is 5.91 Å². The Kier molecular flexibility index (Phi) is 4.38. The lowest BCUT2D eigenvalue weighted by molar-refractivity contribution is 0.0924. The Morgan fingerprint density at radius 3 is 2.81 bits per heavy atom. The molecule has 0 saturated heterocycles. The van der Waals surface area contributed by atoms with Crippen LogP contribution in [0, 0.1) is 6.92 Å². The number of para-hydroxylation sites is 1. The number of hydrogen-bond donors (Lipinski definition) is 1. The SMILES string of the molecule is COc1ccc2oc(C(=O)NCc3cnn(-c4ccccc4)c3)c(C)c2c1. The van der Waals surface area contributed by atoms with Gasteiger partial charge in [-0.15, -0.1) is 0 Å². The standard InChI is InChI=1S/C21H19N3O3/c1-14-18-10-17(26-2)8-9-19(18)27-20(14)21(25)22-11-15-12-23-24(13-15)16-6-4-3-5-7-16/h3-10,12-13H,11H2,1-2H3,(H,22,25). The van der Waals surface area contributed by atoms with E-state index in [2.05, 4.69) is 10.4 Å². The molecule has 1 N–H and O–H groups in total. The number of amides is 1. The summed E-state index contributed by atoms with van der Waals surface area (Å²) < 4.78 is 12.8. The van der Waals surface area contributed by atoms with Crippen molar-refractivity contribution in [1.29, 1.82) is 0 Å². The summed E-state index contributed by atoms with van der Waals surface area (Å²) in [7, 11) is 1.61. The third-order valence-corrected chi connectivity index (χ3v) is 4.46. The smallest absolute Gasteiger partial charge is 0.287 e. The molecule has 0 aliphatic heterocycles. The maximum atomic E-state index is 12.6. The van der Waals surface area contributed by atoms with Crippen molar-refractivity contribution in [2.75, 3.05) is 7.11 Å². The molecule has 2 heterocycles. The summed E-state index contributed by atoms with van der Waals surface area (Å²) in [5.41, 5.74) is 3.33. The maximum absolute atomic E-state index is 12.6. The zero-order chi connectivity index (χ0) is 18.8. The lowest BCUT2D eigenvalue weighted by Gasteiger charge is -2.02. The number of carbonyl (C=O) groups excluding carboxylic acids is 1. The molecule has 0 atom stereocenters. The van der Waals surface area contributed by atoms with E-state index in [0.717, 1.165) is 28.0 Å². The number of methoxy groups -OCH3 is 1. The Morgan fingerprint density at radius 2 is 2.04 bits per heavy atom. The molecule has 0 bridgehead atoms. The number of aromatic nitrogens is 2. The number of benzene rings is 2. The van der Waals surface area contributed by atoms with Crippen molar-refractivity contribution >= 4 is 16.9 Å². The second-order valence-electron chi connectivity index (χ2n) is 6.23. The lowest BCUT2D eigenvalue weighted by atomic mass is 10.1. The van der Waals surface area contributed by atoms with Gasteiger partial charge in [0.05, 0.1) is 19.0 Å². The number of rotatable bonds is 5. The molecular formula is C21H19N3O3. The third-order valence-electron chi connectivity index (χ3n) is 4.46. The van der Waals surface area contributed by atoms with E-state index in [1.165, 1.54) is 0 Å². The fourth-order valence-electron chi connectivity index (χ4n) is 2.98. The second-order valence-corrected chi connectivity index (χ2v) is 6.23. The topological polar surface area (TPSA) is 69.3 Å². The monoisotopic (exact) mass is 361 g/mol. The van der Waals surface area contributed by atoms with Gasteiger partial charge in [-0.05, 0) is 37.3 Å². The summed E-state index contributed by atoms with van der Waals surface area (Å²) in [4.78, 5) is 12.6. The first-order chi connectivity index (χ1) is 13.2. The summed E-state index contributed by atoms with van der Waals surface area (Å²) in [6.45, 7) is 2.24. The molecule has 0 radical (unpaired) electrons. The highest BCUT2D eigenvalue weighted by atomic mass is 16.5. The van der Waals surface area contributed by atoms with Crippen LogP contribution in [0.15, 0.2) is 65.3 Å². The van der Waals surface area contributed by atoms with Crippen LogP contribution < -0.4 is 10.1 Å². The fourth-order valence-corrected chi connectivity index (χ4v) is 2.98. The van der Waals surface area contributed by atoms with Crippen molar-refractivity contribution in [3.8, 4) is 11.4 Å². The fraction of sp³-hybridized carbons (Fsp3) is 0.143. The van der Waals surface area contributed by atoms with Crippen LogP contribution in [-0.2, 0) is 6.54 Å². The Bertz CT molecular complexity index is 1100. The molecule has 4 aromatic rings. The molecule has 0 saturated carbocycles. The third kappa shape index (κ3) is 3.29. The summed E-state index contributed by atoms with van der Waals surface area (Å²) >= 11 is 0. The lowest BCUT2D eigenvalue weighted by Crippen LogP contribution is -2.22. The first-order valence-electron chi connectivity index (χ1n) is 8.60. The van der Waals surface area contributed by atoms with Gasteiger partial charge in [-0.2, -0.15) is 5.10 Å². The Hall–Kier alpha value is -3.54. The van der Waals surface area contributed by atoms with E-state index in [9.17, 15) is 4.79 Å². The minimum atomic E-state index is -0.255. The Labute approximate surface area is 156 Å². The highest BCUT2D eigenvalue weighted by molar-refractivity contribution is 5.99. The molecule has 4 rings (SSSR count). The number of aryl methyl sites for hydroxylation is 1. The Balaban J connectivity index is 1.49. The number of furan rings is 1. The predicted octanol–water partition coefficient (Wildman–Crippen LogP) is 3.87. The molecule has 2 aromatic heterocycles. The predicted molar refractivity (Wildman–Crippen MR) is 102 cm³/mol. The quantitative estimate of drug-likeness (QED) is 0.586. The van der Waals surface area contributed by atoms with Gasteiger partial charge in [-0.1, -0.05) is 18.2 Å². The largest absolute Gasteiger partial charge is 0.497 e. The van der Waals surface area contributed by atoms with E-state index in [1.807, 2.05) is 61.7 Å². The number of ether oxygens (including phenoxy) is 1. The normalized spacial score (nSPS) is 10.9. The van der Waals surface area contributed by atoms with Gasteiger partial charge >= 0.3 is 0 Å². The number of nitrogens with zero attached hydrogens (tertiary/aromatic N) is 2. The molecule has 1 amide bonds. The van der Waals surface area contributed by atoms with Crippen LogP contribution in [0.25, 0.3) is 16.7 Å². The summed E-state index contributed by atoms with van der Waals surface area (Å²) in [5, 5.41) is 8.10. The van der Waals surface area contributed by atoms with Gasteiger partial charge in [0.2, 0.25) is 0 Å². The molecule has 136 valence electrons. The van der Waals surface area contributed by atoms with Gasteiger partial charge in [-0.3, -0.25) is 4.79 Å². The minimum absolute atomic E-state index is 0.255. The first kappa shape index (κ1) is 16.9. The van der Waals surface area contributed by atoms with Gasteiger partial charge in [-0.25, -0.2) is 4.68 Å². The molecular weight excluding hydrogens is 342 g/mol. The molecule has 0 aliphatic carbocycles. The summed E-state index contributed by atoms with van der Waals surface area (Å²) in [6, 6.07) is 15.3. The van der Waals surface area contributed by atoms with Crippen molar-refractivity contribution in [2.45, 2.75) is 13.5 Å². The summed E-state index contributed by atoms with van der Waals surface area (Å²) in [6.07, 6.45) is 3.63. The number of nitrogens with one attached hydrogen (secondary N) is 1. The summed E-state index contributed by atoms with van der Waals surface area (Å²) in [5.74, 6) is 0.788. The molecule has 0 unspecified atom stereocenters. The maximum Gasteiger partial charge on any atom is 0.287 e. The van der Waals surface area contributed by atoms with Crippen LogP contribution in [0.3, 0.4) is 0 Å². The molecule has 0 aliphatic rings. The van der Waals surface area contributed by atoms with Gasteiger partial charge < -0.3 is 14.5 Å². The van der Waals surface area contributed by atoms with Gasteiger partial charge in [0.15, 0.2) is 5.76 Å². The van der Waals surface area contributed by atoms with Crippen LogP contribution in [0.5, 0.6) is 5.75 Å². The number of hydrogen-bond acceptors (Lipinski definition) is 4. The molecule has 0 fully saturated rings. The van der Waals surface area contributed by atoms with E-state index < -0.39 is 0 Å². The first-order valence-corrected chi connectivity index (χ1v) is 8.60. The van der Waals surface area contributed by atoms with Crippen LogP contribution in [0.1, 0.15) is 21.7 Å². The van der Waals surface area contributed by atoms with Crippen molar-refractivity contribution in [3.63, 3.8) is 0 Å². The highest BCUT2D eigenvalue weighted by Crippen LogP contribution is 2.28. The van der Waals surface area contributed by atoms with E-state index in [1.54, 1.807) is 18.0 Å². The van der Waals surface area contributed by atoms with Crippen LogP contribution in [-0.4, -0.2) is 22.8 Å². The van der Waals surface area contributed by atoms with Crippen LogP contribution >= 0.6 is 0 Å². The Morgan fingerprint density at radius 1 is 1.22 bits per heavy atom. The molecule has 6 nitrogen and oxygen atoms in total. The molecule has 6 heteroatoms. The van der Waals surface area contributed by atoms with Crippen LogP contribution in [0.2, 0.25) is 0 Å². The van der Waals surface area contributed by atoms with Crippen molar-refractivity contribution < 1.29 is 13.9 Å². The average Bonchev–Trinajstić information content (AvgIpc) is 3.31. The van der Waals surface area contributed by atoms with Crippen LogP contribution in [0.4, 0.5) is 0 Å². The second kappa shape index (κ2) is 6.99. The molecule has 2 aromatic carbocycles. The molecule has 0 spiro atoms. The average molecular weight is 361 g/mol.